The summed E-state index contributed by atoms with van der Waals surface area (Å²) in [5, 5.41) is 0.244. The maximum Gasteiger partial charge on any atom is 0.263 e. The molecule has 0 saturated carbocycles. The molecule has 21 heavy (non-hydrogen) atoms. The van der Waals surface area contributed by atoms with Crippen LogP contribution in [-0.4, -0.2) is 25.3 Å². The molecular formula is C13H13BrClN3O2S. The fourth-order valence-corrected chi connectivity index (χ4v) is 3.00. The molecule has 112 valence electrons. The number of aromatic nitrogens is 2. The molecular weight excluding hydrogens is 378 g/mol. The molecule has 0 saturated heterocycles. The monoisotopic (exact) mass is 389 g/mol. The van der Waals surface area contributed by atoms with Gasteiger partial charge in [0, 0.05) is 11.0 Å². The van der Waals surface area contributed by atoms with Gasteiger partial charge in [-0.1, -0.05) is 46.6 Å². The van der Waals surface area contributed by atoms with Crippen LogP contribution in [0.3, 0.4) is 0 Å². The second-order valence-electron chi connectivity index (χ2n) is 4.20. The Labute approximate surface area is 138 Å². The molecule has 0 aliphatic heterocycles. The highest BCUT2D eigenvalue weighted by atomic mass is 79.9. The summed E-state index contributed by atoms with van der Waals surface area (Å²) in [6.07, 6.45) is 1.99. The number of hydrogen-bond acceptors (Lipinski definition) is 3. The van der Waals surface area contributed by atoms with Crippen molar-refractivity contribution in [3.63, 3.8) is 0 Å². The highest BCUT2D eigenvalue weighted by molar-refractivity contribution is 9.10. The van der Waals surface area contributed by atoms with E-state index in [1.165, 1.54) is 10.6 Å². The molecule has 0 amide bonds. The van der Waals surface area contributed by atoms with Crippen LogP contribution in [0.15, 0.2) is 35.1 Å². The van der Waals surface area contributed by atoms with E-state index < -0.39 is 11.3 Å². The molecule has 1 unspecified atom stereocenters. The third-order valence-electron chi connectivity index (χ3n) is 2.77. The molecule has 1 atom stereocenters. The molecule has 2 aromatic rings. The van der Waals surface area contributed by atoms with E-state index in [0.29, 0.717) is 24.3 Å². The average Bonchev–Trinajstić information content (AvgIpc) is 2.45. The lowest BCUT2D eigenvalue weighted by Crippen LogP contribution is -2.27. The van der Waals surface area contributed by atoms with E-state index in [-0.39, 0.29) is 5.15 Å². The van der Waals surface area contributed by atoms with E-state index in [4.69, 9.17) is 11.6 Å². The van der Waals surface area contributed by atoms with Crippen LogP contribution in [0, 0.1) is 0 Å². The summed E-state index contributed by atoms with van der Waals surface area (Å²) >= 11 is 7.38. The molecule has 0 aliphatic carbocycles. The zero-order valence-electron chi connectivity index (χ0n) is 11.2. The molecule has 8 heteroatoms. The van der Waals surface area contributed by atoms with Gasteiger partial charge in [0.1, 0.15) is 11.5 Å². The van der Waals surface area contributed by atoms with E-state index >= 15 is 0 Å². The minimum atomic E-state index is -2.18. The summed E-state index contributed by atoms with van der Waals surface area (Å²) < 4.78 is 23.3. The van der Waals surface area contributed by atoms with Crippen molar-refractivity contribution in [1.29, 1.82) is 0 Å². The molecule has 1 aromatic heterocycles. The molecule has 1 heterocycles. The number of hydrogen-bond donors (Lipinski definition) is 1. The Morgan fingerprint density at radius 2 is 2.00 bits per heavy atom. The fraction of sp³-hybridized carbons (Fsp3) is 0.231. The van der Waals surface area contributed by atoms with Crippen LogP contribution in [0.1, 0.15) is 13.3 Å². The molecule has 1 N–H and O–H groups in total. The van der Waals surface area contributed by atoms with Crippen molar-refractivity contribution >= 4 is 44.6 Å². The van der Waals surface area contributed by atoms with Gasteiger partial charge in [0.2, 0.25) is 0 Å². The molecule has 0 bridgehead atoms. The summed E-state index contributed by atoms with van der Waals surface area (Å²) in [5.74, 6) is 0.347. The van der Waals surface area contributed by atoms with Crippen molar-refractivity contribution in [2.24, 2.45) is 0 Å². The average molecular weight is 391 g/mol. The molecule has 2 rings (SSSR count). The molecule has 0 fully saturated rings. The smallest absolute Gasteiger partial charge is 0.263 e. The Morgan fingerprint density at radius 1 is 1.33 bits per heavy atom. The Balaban J connectivity index is 2.59. The Hall–Kier alpha value is -1.02. The quantitative estimate of drug-likeness (QED) is 0.621. The zero-order valence-corrected chi connectivity index (χ0v) is 14.3. The molecule has 1 aromatic carbocycles. The van der Waals surface area contributed by atoms with E-state index in [9.17, 15) is 8.76 Å². The summed E-state index contributed by atoms with van der Waals surface area (Å²) in [7, 11) is 0. The van der Waals surface area contributed by atoms with Crippen molar-refractivity contribution in [2.75, 3.05) is 10.8 Å². The van der Waals surface area contributed by atoms with Gasteiger partial charge >= 0.3 is 0 Å². The van der Waals surface area contributed by atoms with Crippen molar-refractivity contribution in [3.8, 4) is 11.1 Å². The number of benzene rings is 1. The predicted octanol–water partition coefficient (Wildman–Crippen LogP) is 3.91. The second-order valence-corrected chi connectivity index (χ2v) is 6.38. The van der Waals surface area contributed by atoms with Gasteiger partial charge in [-0.15, -0.1) is 0 Å². The Morgan fingerprint density at radius 3 is 2.57 bits per heavy atom. The maximum atomic E-state index is 11.6. The van der Waals surface area contributed by atoms with Gasteiger partial charge in [0.25, 0.3) is 11.3 Å². The van der Waals surface area contributed by atoms with Crippen molar-refractivity contribution in [2.45, 2.75) is 13.3 Å². The third kappa shape index (κ3) is 3.79. The van der Waals surface area contributed by atoms with Crippen LogP contribution in [0.4, 0.5) is 5.82 Å². The predicted molar refractivity (Wildman–Crippen MR) is 88.6 cm³/mol. The van der Waals surface area contributed by atoms with E-state index in [1.807, 2.05) is 31.2 Å². The van der Waals surface area contributed by atoms with E-state index in [1.54, 1.807) is 0 Å². The summed E-state index contributed by atoms with van der Waals surface area (Å²) in [5.41, 5.74) is 1.33. The maximum absolute atomic E-state index is 11.6. The van der Waals surface area contributed by atoms with Gasteiger partial charge in [0.05, 0.1) is 5.56 Å². The summed E-state index contributed by atoms with van der Waals surface area (Å²) in [6.45, 7) is 2.31. The lowest BCUT2D eigenvalue weighted by atomic mass is 10.1. The normalized spacial score (nSPS) is 12.2. The van der Waals surface area contributed by atoms with E-state index in [0.717, 1.165) is 10.0 Å². The molecule has 0 spiro atoms. The standard InChI is InChI=1S/C13H13BrClN3O2S/c1-2-7-18(21(19)20)13-11(12(15)16-8-17-13)9-3-5-10(14)6-4-9/h3-6,8H,2,7H2,1H3,(H,19,20). The van der Waals surface area contributed by atoms with Gasteiger partial charge in [-0.3, -0.25) is 8.86 Å². The molecule has 5 nitrogen and oxygen atoms in total. The minimum Gasteiger partial charge on any atom is -0.289 e. The topological polar surface area (TPSA) is 66.3 Å². The van der Waals surface area contributed by atoms with Crippen LogP contribution in [-0.2, 0) is 11.3 Å². The van der Waals surface area contributed by atoms with Gasteiger partial charge in [0.15, 0.2) is 5.82 Å². The fourth-order valence-electron chi connectivity index (χ4n) is 1.87. The van der Waals surface area contributed by atoms with Crippen molar-refractivity contribution in [1.82, 2.24) is 9.97 Å². The minimum absolute atomic E-state index is 0.244. The summed E-state index contributed by atoms with van der Waals surface area (Å²) in [4.78, 5) is 8.12. The van der Waals surface area contributed by atoms with E-state index in [2.05, 4.69) is 25.9 Å². The number of anilines is 1. The van der Waals surface area contributed by atoms with Crippen LogP contribution < -0.4 is 4.31 Å². The van der Waals surface area contributed by atoms with Gasteiger partial charge < -0.3 is 0 Å². The highest BCUT2D eigenvalue weighted by Crippen LogP contribution is 2.35. The Bertz CT molecular complexity index is 654. The highest BCUT2D eigenvalue weighted by Gasteiger charge is 2.21. The van der Waals surface area contributed by atoms with Gasteiger partial charge in [-0.05, 0) is 24.1 Å². The molecule has 0 radical (unpaired) electrons. The van der Waals surface area contributed by atoms with Gasteiger partial charge in [-0.2, -0.15) is 0 Å². The first-order valence-corrected chi connectivity index (χ1v) is 8.43. The zero-order chi connectivity index (χ0) is 15.4. The second kappa shape index (κ2) is 7.31. The van der Waals surface area contributed by atoms with Crippen molar-refractivity contribution in [3.05, 3.63) is 40.2 Å². The first-order valence-electron chi connectivity index (χ1n) is 6.19. The molecule has 0 aliphatic rings. The van der Waals surface area contributed by atoms with Crippen LogP contribution in [0.2, 0.25) is 5.15 Å². The summed E-state index contributed by atoms with van der Waals surface area (Å²) in [6, 6.07) is 7.43. The first-order chi connectivity index (χ1) is 10.0. The SMILES string of the molecule is CCCN(c1ncnc(Cl)c1-c1ccc(Br)cc1)S(=O)O. The lowest BCUT2D eigenvalue weighted by molar-refractivity contribution is 0.557. The lowest BCUT2D eigenvalue weighted by Gasteiger charge is -2.21. The largest absolute Gasteiger partial charge is 0.289 e. The Kier molecular flexibility index (Phi) is 5.69. The first kappa shape index (κ1) is 16.4. The number of rotatable bonds is 5. The third-order valence-corrected chi connectivity index (χ3v) is 4.31. The number of halogens is 2. The van der Waals surface area contributed by atoms with Crippen LogP contribution >= 0.6 is 27.5 Å². The van der Waals surface area contributed by atoms with Gasteiger partial charge in [-0.25, -0.2) is 14.2 Å². The van der Waals surface area contributed by atoms with Crippen LogP contribution in [0.5, 0.6) is 0 Å². The van der Waals surface area contributed by atoms with Crippen LogP contribution in [0.25, 0.3) is 11.1 Å². The van der Waals surface area contributed by atoms with Crippen molar-refractivity contribution < 1.29 is 8.76 Å². The number of nitrogens with zero attached hydrogens (tertiary/aromatic N) is 3.